The first-order valence-corrected chi connectivity index (χ1v) is 9.00. The normalized spacial score (nSPS) is 12.9. The van der Waals surface area contributed by atoms with Crippen molar-refractivity contribution in [3.63, 3.8) is 0 Å². The Morgan fingerprint density at radius 1 is 1.32 bits per heavy atom. The molecule has 0 saturated heterocycles. The molecular formula is C19H21N3O2S. The average molecular weight is 355 g/mol. The minimum Gasteiger partial charge on any atom is -0.346 e. The number of carbonyl (C=O) groups excluding carboxylic acids is 1. The van der Waals surface area contributed by atoms with Gasteiger partial charge in [-0.15, -0.1) is 11.3 Å². The van der Waals surface area contributed by atoms with E-state index < -0.39 is 0 Å². The summed E-state index contributed by atoms with van der Waals surface area (Å²) in [5.74, 6) is -0.182. The molecule has 0 radical (unpaired) electrons. The highest BCUT2D eigenvalue weighted by Gasteiger charge is 2.28. The predicted octanol–water partition coefficient (Wildman–Crippen LogP) is 3.36. The van der Waals surface area contributed by atoms with Crippen LogP contribution in [0.5, 0.6) is 0 Å². The number of amides is 1. The van der Waals surface area contributed by atoms with E-state index in [1.54, 1.807) is 29.8 Å². The summed E-state index contributed by atoms with van der Waals surface area (Å²) < 4.78 is 1.42. The lowest BCUT2D eigenvalue weighted by atomic mass is 9.85. The summed E-state index contributed by atoms with van der Waals surface area (Å²) >= 11 is 1.62. The first kappa shape index (κ1) is 17.4. The van der Waals surface area contributed by atoms with Crippen molar-refractivity contribution in [2.75, 3.05) is 0 Å². The van der Waals surface area contributed by atoms with Crippen molar-refractivity contribution in [2.24, 2.45) is 5.41 Å². The van der Waals surface area contributed by atoms with Crippen molar-refractivity contribution in [1.82, 2.24) is 14.9 Å². The van der Waals surface area contributed by atoms with Crippen LogP contribution in [0.15, 0.2) is 53.0 Å². The molecule has 0 aliphatic heterocycles. The second-order valence-electron chi connectivity index (χ2n) is 7.09. The molecule has 0 spiro atoms. The number of pyridine rings is 2. The van der Waals surface area contributed by atoms with Crippen LogP contribution in [-0.4, -0.2) is 15.5 Å². The Kier molecular flexibility index (Phi) is 4.72. The minimum absolute atomic E-state index is 0.0123. The number of aromatic nitrogens is 2. The lowest BCUT2D eigenvalue weighted by Gasteiger charge is -2.30. The lowest BCUT2D eigenvalue weighted by Crippen LogP contribution is -2.39. The summed E-state index contributed by atoms with van der Waals surface area (Å²) in [5, 5.41) is 6.42. The van der Waals surface area contributed by atoms with E-state index in [0.29, 0.717) is 5.39 Å². The van der Waals surface area contributed by atoms with Gasteiger partial charge >= 0.3 is 0 Å². The molecule has 0 unspecified atom stereocenters. The van der Waals surface area contributed by atoms with Gasteiger partial charge in [-0.1, -0.05) is 26.8 Å². The van der Waals surface area contributed by atoms with E-state index in [-0.39, 0.29) is 29.5 Å². The zero-order chi connectivity index (χ0) is 18.0. The molecule has 0 aliphatic carbocycles. The van der Waals surface area contributed by atoms with Gasteiger partial charge in [0.1, 0.15) is 6.54 Å². The maximum Gasteiger partial charge on any atom is 0.260 e. The Labute approximate surface area is 150 Å². The Balaban J connectivity index is 1.82. The van der Waals surface area contributed by atoms with Crippen LogP contribution >= 0.6 is 11.3 Å². The highest BCUT2D eigenvalue weighted by Crippen LogP contribution is 2.35. The van der Waals surface area contributed by atoms with Crippen LogP contribution in [0.2, 0.25) is 0 Å². The van der Waals surface area contributed by atoms with Crippen LogP contribution in [0.4, 0.5) is 0 Å². The van der Waals surface area contributed by atoms with Crippen LogP contribution in [0, 0.1) is 5.41 Å². The summed E-state index contributed by atoms with van der Waals surface area (Å²) in [6.45, 7) is 6.25. The summed E-state index contributed by atoms with van der Waals surface area (Å²) in [6.07, 6.45) is 4.84. The van der Waals surface area contributed by atoms with Crippen LogP contribution in [-0.2, 0) is 11.3 Å². The van der Waals surface area contributed by atoms with E-state index in [4.69, 9.17) is 0 Å². The Hall–Kier alpha value is -2.47. The van der Waals surface area contributed by atoms with Gasteiger partial charge in [-0.2, -0.15) is 0 Å². The number of nitrogens with zero attached hydrogens (tertiary/aromatic N) is 2. The van der Waals surface area contributed by atoms with Crippen molar-refractivity contribution in [3.8, 4) is 0 Å². The molecular weight excluding hydrogens is 334 g/mol. The largest absolute Gasteiger partial charge is 0.346 e. The van der Waals surface area contributed by atoms with Gasteiger partial charge in [0.15, 0.2) is 0 Å². The monoisotopic (exact) mass is 355 g/mol. The van der Waals surface area contributed by atoms with Crippen molar-refractivity contribution in [3.05, 3.63) is 63.5 Å². The van der Waals surface area contributed by atoms with E-state index in [1.165, 1.54) is 10.8 Å². The Morgan fingerprint density at radius 3 is 2.80 bits per heavy atom. The molecule has 3 aromatic heterocycles. The molecule has 0 saturated carbocycles. The third kappa shape index (κ3) is 3.79. The molecule has 3 aromatic rings. The Bertz CT molecular complexity index is 939. The number of rotatable bonds is 4. The molecule has 0 aliphatic rings. The van der Waals surface area contributed by atoms with Crippen molar-refractivity contribution in [1.29, 1.82) is 0 Å². The first-order valence-electron chi connectivity index (χ1n) is 8.12. The number of hydrogen-bond donors (Lipinski definition) is 1. The molecule has 3 rings (SSSR count). The van der Waals surface area contributed by atoms with Crippen LogP contribution in [0.1, 0.15) is 31.7 Å². The number of carbonyl (C=O) groups is 1. The third-order valence-electron chi connectivity index (χ3n) is 4.09. The topological polar surface area (TPSA) is 64.0 Å². The van der Waals surface area contributed by atoms with E-state index in [1.807, 2.05) is 23.6 Å². The van der Waals surface area contributed by atoms with Crippen LogP contribution in [0.3, 0.4) is 0 Å². The molecule has 1 atom stereocenters. The second-order valence-corrected chi connectivity index (χ2v) is 8.07. The fraction of sp³-hybridized carbons (Fsp3) is 0.316. The average Bonchev–Trinajstić information content (AvgIpc) is 3.08. The maximum absolute atomic E-state index is 12.6. The van der Waals surface area contributed by atoms with Crippen LogP contribution in [0.25, 0.3) is 10.8 Å². The number of thiophene rings is 1. The van der Waals surface area contributed by atoms with E-state index in [9.17, 15) is 9.59 Å². The molecule has 0 fully saturated rings. The van der Waals surface area contributed by atoms with Crippen molar-refractivity contribution >= 4 is 28.0 Å². The summed E-state index contributed by atoms with van der Waals surface area (Å²) in [6, 6.07) is 7.51. The Morgan fingerprint density at radius 2 is 2.12 bits per heavy atom. The number of nitrogens with one attached hydrogen (secondary N) is 1. The van der Waals surface area contributed by atoms with Crippen LogP contribution < -0.4 is 10.9 Å². The fourth-order valence-electron chi connectivity index (χ4n) is 2.78. The zero-order valence-electron chi connectivity index (χ0n) is 14.5. The minimum atomic E-state index is -0.204. The molecule has 0 bridgehead atoms. The van der Waals surface area contributed by atoms with Gasteiger partial charge in [-0.25, -0.2) is 0 Å². The van der Waals surface area contributed by atoms with E-state index >= 15 is 0 Å². The highest BCUT2D eigenvalue weighted by atomic mass is 32.1. The zero-order valence-corrected chi connectivity index (χ0v) is 15.3. The van der Waals surface area contributed by atoms with Gasteiger partial charge in [-0.3, -0.25) is 14.6 Å². The summed E-state index contributed by atoms with van der Waals surface area (Å²) in [5.41, 5.74) is -0.331. The summed E-state index contributed by atoms with van der Waals surface area (Å²) in [7, 11) is 0. The molecule has 5 nitrogen and oxygen atoms in total. The molecule has 6 heteroatoms. The standard InChI is InChI=1S/C19H21N3O2S/c1-19(2,3)17(15-5-4-10-25-15)21-16(23)12-22-9-7-13-6-8-20-11-14(13)18(22)24/h4-11,17H,12H2,1-3H3,(H,21,23)/t17-/m0/s1. The molecule has 130 valence electrons. The maximum atomic E-state index is 12.6. The fourth-order valence-corrected chi connectivity index (χ4v) is 3.80. The molecule has 3 heterocycles. The smallest absolute Gasteiger partial charge is 0.260 e. The van der Waals surface area contributed by atoms with Gasteiger partial charge < -0.3 is 9.88 Å². The lowest BCUT2D eigenvalue weighted by molar-refractivity contribution is -0.123. The van der Waals surface area contributed by atoms with Gasteiger partial charge in [0, 0.05) is 23.5 Å². The number of hydrogen-bond acceptors (Lipinski definition) is 4. The number of fused-ring (bicyclic) bond motifs is 1. The SMILES string of the molecule is CC(C)(C)[C@@H](NC(=O)Cn1ccc2ccncc2c1=O)c1cccs1. The van der Waals surface area contributed by atoms with Gasteiger partial charge in [0.2, 0.25) is 5.91 Å². The molecule has 1 N–H and O–H groups in total. The quantitative estimate of drug-likeness (QED) is 0.780. The van der Waals surface area contributed by atoms with Gasteiger partial charge in [0.05, 0.1) is 11.4 Å². The van der Waals surface area contributed by atoms with Gasteiger partial charge in [-0.05, 0) is 34.4 Å². The second kappa shape index (κ2) is 6.80. The molecule has 25 heavy (non-hydrogen) atoms. The molecule has 0 aromatic carbocycles. The molecule has 1 amide bonds. The summed E-state index contributed by atoms with van der Waals surface area (Å²) in [4.78, 5) is 30.2. The van der Waals surface area contributed by atoms with E-state index in [0.717, 1.165) is 10.3 Å². The third-order valence-corrected chi connectivity index (χ3v) is 5.03. The van der Waals surface area contributed by atoms with Gasteiger partial charge in [0.25, 0.3) is 5.56 Å². The highest BCUT2D eigenvalue weighted by molar-refractivity contribution is 7.10. The van der Waals surface area contributed by atoms with E-state index in [2.05, 4.69) is 31.1 Å². The predicted molar refractivity (Wildman–Crippen MR) is 101 cm³/mol. The van der Waals surface area contributed by atoms with Crippen molar-refractivity contribution < 1.29 is 4.79 Å². The van der Waals surface area contributed by atoms with Crippen molar-refractivity contribution in [2.45, 2.75) is 33.4 Å². The first-order chi connectivity index (χ1) is 11.9.